The van der Waals surface area contributed by atoms with Crippen molar-refractivity contribution < 1.29 is 14.6 Å². The fourth-order valence-electron chi connectivity index (χ4n) is 1.44. The first-order chi connectivity index (χ1) is 7.51. The summed E-state index contributed by atoms with van der Waals surface area (Å²) in [4.78, 5) is 13.6. The highest BCUT2D eigenvalue weighted by Crippen LogP contribution is 1.96. The highest BCUT2D eigenvalue weighted by atomic mass is 16.5. The molecule has 0 bridgehead atoms. The molecular weight excluding hydrogens is 208 g/mol. The second kappa shape index (κ2) is 8.50. The van der Waals surface area contributed by atoms with Gasteiger partial charge >= 0.3 is 0 Å². The zero-order chi connectivity index (χ0) is 12.6. The number of hydrogen-bond donors (Lipinski definition) is 2. The van der Waals surface area contributed by atoms with E-state index in [0.717, 1.165) is 0 Å². The lowest BCUT2D eigenvalue weighted by molar-refractivity contribution is -0.123. The third-order valence-electron chi connectivity index (χ3n) is 2.29. The number of nitrogens with one attached hydrogen (secondary N) is 1. The fraction of sp³-hybridized carbons (Fsp3) is 0.909. The zero-order valence-corrected chi connectivity index (χ0v) is 10.7. The minimum Gasteiger partial charge on any atom is -0.395 e. The molecule has 0 saturated carbocycles. The third kappa shape index (κ3) is 6.76. The van der Waals surface area contributed by atoms with Gasteiger partial charge in [0, 0.05) is 25.7 Å². The van der Waals surface area contributed by atoms with Crippen molar-refractivity contribution in [2.24, 2.45) is 0 Å². The van der Waals surface area contributed by atoms with Gasteiger partial charge in [0.05, 0.1) is 19.8 Å². The quantitative estimate of drug-likeness (QED) is 0.610. The maximum absolute atomic E-state index is 11.6. The molecule has 0 fully saturated rings. The lowest BCUT2D eigenvalue weighted by Gasteiger charge is -2.25. The Bertz CT molecular complexity index is 198. The Morgan fingerprint density at radius 1 is 1.44 bits per heavy atom. The summed E-state index contributed by atoms with van der Waals surface area (Å²) in [6.07, 6.45) is 0. The highest BCUT2D eigenvalue weighted by molar-refractivity contribution is 5.78. The number of rotatable bonds is 8. The first kappa shape index (κ1) is 15.3. The summed E-state index contributed by atoms with van der Waals surface area (Å²) in [5, 5.41) is 11.7. The Kier molecular flexibility index (Phi) is 8.15. The van der Waals surface area contributed by atoms with Crippen molar-refractivity contribution >= 4 is 5.91 Å². The van der Waals surface area contributed by atoms with E-state index in [9.17, 15) is 4.79 Å². The number of ether oxygens (including phenoxy) is 1. The standard InChI is InChI=1S/C11H24N2O3/c1-9(2)13(5-6-14)7-11(15)12-10(3)8-16-4/h9-10,14H,5-8H2,1-4H3,(H,12,15). The van der Waals surface area contributed by atoms with Gasteiger partial charge in [0.2, 0.25) is 5.91 Å². The second-order valence-corrected chi connectivity index (χ2v) is 4.21. The van der Waals surface area contributed by atoms with Gasteiger partial charge in [-0.15, -0.1) is 0 Å². The van der Waals surface area contributed by atoms with Crippen LogP contribution in [0.15, 0.2) is 0 Å². The molecule has 1 atom stereocenters. The Labute approximate surface area is 97.8 Å². The van der Waals surface area contributed by atoms with Crippen molar-refractivity contribution in [2.45, 2.75) is 32.9 Å². The van der Waals surface area contributed by atoms with Gasteiger partial charge in [0.1, 0.15) is 0 Å². The number of aliphatic hydroxyl groups is 1. The molecule has 0 rings (SSSR count). The normalized spacial score (nSPS) is 13.2. The van der Waals surface area contributed by atoms with E-state index >= 15 is 0 Å². The molecular formula is C11H24N2O3. The van der Waals surface area contributed by atoms with Crippen LogP contribution in [0.25, 0.3) is 0 Å². The van der Waals surface area contributed by atoms with Gasteiger partial charge in [-0.05, 0) is 20.8 Å². The highest BCUT2D eigenvalue weighted by Gasteiger charge is 2.14. The summed E-state index contributed by atoms with van der Waals surface area (Å²) in [7, 11) is 1.61. The van der Waals surface area contributed by atoms with Crippen LogP contribution in [0.5, 0.6) is 0 Å². The molecule has 0 aromatic rings. The van der Waals surface area contributed by atoms with E-state index in [4.69, 9.17) is 9.84 Å². The lowest BCUT2D eigenvalue weighted by atomic mass is 10.3. The molecule has 0 saturated heterocycles. The monoisotopic (exact) mass is 232 g/mol. The Morgan fingerprint density at radius 3 is 2.50 bits per heavy atom. The van der Waals surface area contributed by atoms with Gasteiger partial charge in [0.15, 0.2) is 0 Å². The molecule has 1 amide bonds. The van der Waals surface area contributed by atoms with Crippen molar-refractivity contribution in [1.82, 2.24) is 10.2 Å². The van der Waals surface area contributed by atoms with Crippen LogP contribution in [-0.2, 0) is 9.53 Å². The van der Waals surface area contributed by atoms with E-state index < -0.39 is 0 Å². The van der Waals surface area contributed by atoms with E-state index in [0.29, 0.717) is 19.7 Å². The summed E-state index contributed by atoms with van der Waals surface area (Å²) in [6.45, 7) is 7.30. The number of methoxy groups -OCH3 is 1. The molecule has 5 nitrogen and oxygen atoms in total. The second-order valence-electron chi connectivity index (χ2n) is 4.21. The van der Waals surface area contributed by atoms with Gasteiger partial charge in [0.25, 0.3) is 0 Å². The van der Waals surface area contributed by atoms with Crippen molar-refractivity contribution in [1.29, 1.82) is 0 Å². The predicted octanol–water partition coefficient (Wildman–Crippen LogP) is -0.160. The maximum Gasteiger partial charge on any atom is 0.234 e. The number of aliphatic hydroxyl groups excluding tert-OH is 1. The summed E-state index contributed by atoms with van der Waals surface area (Å²) >= 11 is 0. The van der Waals surface area contributed by atoms with Crippen LogP contribution >= 0.6 is 0 Å². The number of nitrogens with zero attached hydrogens (tertiary/aromatic N) is 1. The fourth-order valence-corrected chi connectivity index (χ4v) is 1.44. The molecule has 96 valence electrons. The van der Waals surface area contributed by atoms with E-state index in [2.05, 4.69) is 5.32 Å². The van der Waals surface area contributed by atoms with Gasteiger partial charge in [-0.2, -0.15) is 0 Å². The van der Waals surface area contributed by atoms with E-state index in [1.165, 1.54) is 0 Å². The van der Waals surface area contributed by atoms with Gasteiger partial charge in [-0.3, -0.25) is 9.69 Å². The van der Waals surface area contributed by atoms with E-state index in [1.807, 2.05) is 25.7 Å². The van der Waals surface area contributed by atoms with E-state index in [1.54, 1.807) is 7.11 Å². The van der Waals surface area contributed by atoms with Crippen molar-refractivity contribution in [3.05, 3.63) is 0 Å². The molecule has 0 heterocycles. The Hall–Kier alpha value is -0.650. The Balaban J connectivity index is 3.99. The first-order valence-corrected chi connectivity index (χ1v) is 5.64. The topological polar surface area (TPSA) is 61.8 Å². The SMILES string of the molecule is COCC(C)NC(=O)CN(CCO)C(C)C. The van der Waals surface area contributed by atoms with Crippen LogP contribution in [0.3, 0.4) is 0 Å². The van der Waals surface area contributed by atoms with Crippen molar-refractivity contribution in [2.75, 3.05) is 33.4 Å². The molecule has 2 N–H and O–H groups in total. The summed E-state index contributed by atoms with van der Waals surface area (Å²) in [6, 6.07) is 0.260. The first-order valence-electron chi connectivity index (χ1n) is 5.64. The predicted molar refractivity (Wildman–Crippen MR) is 63.3 cm³/mol. The third-order valence-corrected chi connectivity index (χ3v) is 2.29. The molecule has 0 spiro atoms. The minimum absolute atomic E-state index is 0.0145. The molecule has 0 aliphatic rings. The smallest absolute Gasteiger partial charge is 0.234 e. The average molecular weight is 232 g/mol. The number of amides is 1. The number of carbonyl (C=O) groups is 1. The van der Waals surface area contributed by atoms with Crippen LogP contribution in [0.1, 0.15) is 20.8 Å². The van der Waals surface area contributed by atoms with Crippen LogP contribution in [0.2, 0.25) is 0 Å². The summed E-state index contributed by atoms with van der Waals surface area (Å²) < 4.78 is 4.94. The number of hydrogen-bond acceptors (Lipinski definition) is 4. The van der Waals surface area contributed by atoms with Crippen LogP contribution < -0.4 is 5.32 Å². The van der Waals surface area contributed by atoms with E-state index in [-0.39, 0.29) is 24.6 Å². The molecule has 1 unspecified atom stereocenters. The molecule has 5 heteroatoms. The zero-order valence-electron chi connectivity index (χ0n) is 10.7. The van der Waals surface area contributed by atoms with Gasteiger partial charge < -0.3 is 15.2 Å². The molecule has 0 radical (unpaired) electrons. The van der Waals surface area contributed by atoms with Crippen molar-refractivity contribution in [3.63, 3.8) is 0 Å². The summed E-state index contributed by atoms with van der Waals surface area (Å²) in [5.41, 5.74) is 0. The van der Waals surface area contributed by atoms with Gasteiger partial charge in [-0.25, -0.2) is 0 Å². The molecule has 0 aliphatic carbocycles. The molecule has 0 aromatic carbocycles. The number of carbonyl (C=O) groups excluding carboxylic acids is 1. The Morgan fingerprint density at radius 2 is 2.06 bits per heavy atom. The van der Waals surface area contributed by atoms with Crippen LogP contribution in [-0.4, -0.2) is 61.4 Å². The maximum atomic E-state index is 11.6. The molecule has 0 aliphatic heterocycles. The molecule has 0 aromatic heterocycles. The molecule has 16 heavy (non-hydrogen) atoms. The van der Waals surface area contributed by atoms with Crippen LogP contribution in [0, 0.1) is 0 Å². The summed E-state index contributed by atoms with van der Waals surface area (Å²) in [5.74, 6) is -0.0355. The largest absolute Gasteiger partial charge is 0.395 e. The average Bonchev–Trinajstić information content (AvgIpc) is 2.16. The van der Waals surface area contributed by atoms with Crippen molar-refractivity contribution in [3.8, 4) is 0 Å². The lowest BCUT2D eigenvalue weighted by Crippen LogP contribution is -2.45. The minimum atomic E-state index is -0.0355. The van der Waals surface area contributed by atoms with Crippen LogP contribution in [0.4, 0.5) is 0 Å². The van der Waals surface area contributed by atoms with Gasteiger partial charge in [-0.1, -0.05) is 0 Å².